The molecule has 142 valence electrons. The van der Waals surface area contributed by atoms with Crippen LogP contribution in [0.5, 0.6) is 0 Å². The van der Waals surface area contributed by atoms with Gasteiger partial charge in [0, 0.05) is 52.0 Å². The molecule has 3 heterocycles. The Labute approximate surface area is 161 Å². The molecule has 1 aromatic carbocycles. The standard InChI is InChI=1S/C22H28N4O/c27-22(26-12-6-7-13-26)21(19-8-2-1-3-9-19)25-16-14-24(15-17-25)18-20-10-4-5-11-23-20/h1-5,8-11,21H,6-7,12-18H2. The number of carbonyl (C=O) groups excluding carboxylic acids is 1. The third kappa shape index (κ3) is 4.37. The highest BCUT2D eigenvalue weighted by molar-refractivity contribution is 5.83. The largest absolute Gasteiger partial charge is 0.341 e. The zero-order chi connectivity index (χ0) is 18.5. The lowest BCUT2D eigenvalue weighted by atomic mass is 10.0. The van der Waals surface area contributed by atoms with Gasteiger partial charge in [0.05, 0.1) is 5.69 Å². The van der Waals surface area contributed by atoms with Gasteiger partial charge in [-0.05, 0) is 30.5 Å². The molecule has 2 aliphatic heterocycles. The lowest BCUT2D eigenvalue weighted by Gasteiger charge is -2.39. The SMILES string of the molecule is O=C(C(c1ccccc1)N1CCN(Cc2ccccn2)CC1)N1CCCC1. The summed E-state index contributed by atoms with van der Waals surface area (Å²) in [5.41, 5.74) is 2.23. The van der Waals surface area contributed by atoms with Gasteiger partial charge in [0.25, 0.3) is 0 Å². The summed E-state index contributed by atoms with van der Waals surface area (Å²) < 4.78 is 0. The van der Waals surface area contributed by atoms with Crippen LogP contribution in [0.3, 0.4) is 0 Å². The number of rotatable bonds is 5. The Morgan fingerprint density at radius 3 is 2.26 bits per heavy atom. The lowest BCUT2D eigenvalue weighted by Crippen LogP contribution is -2.51. The van der Waals surface area contributed by atoms with Crippen molar-refractivity contribution < 1.29 is 4.79 Å². The van der Waals surface area contributed by atoms with Gasteiger partial charge in [-0.25, -0.2) is 0 Å². The number of amides is 1. The van der Waals surface area contributed by atoms with E-state index in [1.54, 1.807) is 0 Å². The number of likely N-dealkylation sites (tertiary alicyclic amines) is 1. The number of aromatic nitrogens is 1. The van der Waals surface area contributed by atoms with Crippen molar-refractivity contribution in [3.63, 3.8) is 0 Å². The predicted molar refractivity (Wildman–Crippen MR) is 106 cm³/mol. The number of hydrogen-bond acceptors (Lipinski definition) is 4. The molecule has 0 radical (unpaired) electrons. The first-order valence-electron chi connectivity index (χ1n) is 10.0. The molecule has 5 nitrogen and oxygen atoms in total. The van der Waals surface area contributed by atoms with Gasteiger partial charge >= 0.3 is 0 Å². The first-order chi connectivity index (χ1) is 13.3. The van der Waals surface area contributed by atoms with E-state index >= 15 is 0 Å². The van der Waals surface area contributed by atoms with Crippen molar-refractivity contribution in [1.29, 1.82) is 0 Å². The normalized spacial score (nSPS) is 19.9. The fourth-order valence-electron chi connectivity index (χ4n) is 4.16. The van der Waals surface area contributed by atoms with E-state index in [2.05, 4.69) is 37.9 Å². The molecule has 1 aromatic heterocycles. The van der Waals surface area contributed by atoms with E-state index in [1.807, 2.05) is 36.5 Å². The molecule has 0 N–H and O–H groups in total. The highest BCUT2D eigenvalue weighted by Crippen LogP contribution is 2.26. The number of benzene rings is 1. The maximum Gasteiger partial charge on any atom is 0.244 e. The maximum atomic E-state index is 13.3. The van der Waals surface area contributed by atoms with Gasteiger partial charge in [-0.2, -0.15) is 0 Å². The van der Waals surface area contributed by atoms with Crippen LogP contribution >= 0.6 is 0 Å². The summed E-state index contributed by atoms with van der Waals surface area (Å²) in [5, 5.41) is 0. The van der Waals surface area contributed by atoms with Crippen molar-refractivity contribution in [3.8, 4) is 0 Å². The van der Waals surface area contributed by atoms with Crippen molar-refractivity contribution in [2.75, 3.05) is 39.3 Å². The van der Waals surface area contributed by atoms with Crippen molar-refractivity contribution in [1.82, 2.24) is 19.7 Å². The highest BCUT2D eigenvalue weighted by atomic mass is 16.2. The van der Waals surface area contributed by atoms with Crippen LogP contribution in [-0.2, 0) is 11.3 Å². The molecule has 0 aliphatic carbocycles. The van der Waals surface area contributed by atoms with Gasteiger partial charge in [0.15, 0.2) is 0 Å². The Balaban J connectivity index is 1.44. The molecule has 1 unspecified atom stereocenters. The fourth-order valence-corrected chi connectivity index (χ4v) is 4.16. The van der Waals surface area contributed by atoms with E-state index in [-0.39, 0.29) is 11.9 Å². The number of hydrogen-bond donors (Lipinski definition) is 0. The van der Waals surface area contributed by atoms with Gasteiger partial charge < -0.3 is 4.90 Å². The van der Waals surface area contributed by atoms with Crippen LogP contribution in [0.1, 0.15) is 30.1 Å². The molecule has 2 fully saturated rings. The third-order valence-electron chi connectivity index (χ3n) is 5.65. The van der Waals surface area contributed by atoms with E-state index in [4.69, 9.17) is 0 Å². The van der Waals surface area contributed by atoms with Crippen LogP contribution in [0.2, 0.25) is 0 Å². The Bertz CT molecular complexity index is 722. The van der Waals surface area contributed by atoms with E-state index in [9.17, 15) is 4.79 Å². The summed E-state index contributed by atoms with van der Waals surface area (Å²) in [4.78, 5) is 24.6. The quantitative estimate of drug-likeness (QED) is 0.818. The van der Waals surface area contributed by atoms with E-state index in [1.165, 1.54) is 0 Å². The van der Waals surface area contributed by atoms with Crippen LogP contribution in [0.15, 0.2) is 54.7 Å². The van der Waals surface area contributed by atoms with Crippen LogP contribution < -0.4 is 0 Å². The number of carbonyl (C=O) groups is 1. The molecule has 5 heteroatoms. The minimum absolute atomic E-state index is 0.152. The van der Waals surface area contributed by atoms with Gasteiger partial charge in [-0.3, -0.25) is 19.6 Å². The van der Waals surface area contributed by atoms with Crippen molar-refractivity contribution in [3.05, 3.63) is 66.0 Å². The smallest absolute Gasteiger partial charge is 0.244 e. The average molecular weight is 364 g/mol. The summed E-state index contributed by atoms with van der Waals surface area (Å²) in [6.07, 6.45) is 4.11. The Morgan fingerprint density at radius 1 is 0.889 bits per heavy atom. The molecular weight excluding hydrogens is 336 g/mol. The van der Waals surface area contributed by atoms with Crippen LogP contribution in [0.25, 0.3) is 0 Å². The molecule has 1 amide bonds. The number of nitrogens with zero attached hydrogens (tertiary/aromatic N) is 4. The molecular formula is C22H28N4O. The molecule has 2 aliphatic rings. The molecule has 4 rings (SSSR count). The summed E-state index contributed by atoms with van der Waals surface area (Å²) in [5.74, 6) is 0.275. The van der Waals surface area contributed by atoms with Gasteiger partial charge in [-0.1, -0.05) is 36.4 Å². The Morgan fingerprint density at radius 2 is 1.59 bits per heavy atom. The predicted octanol–water partition coefficient (Wildman–Crippen LogP) is 2.56. The molecule has 0 bridgehead atoms. The second kappa shape index (κ2) is 8.63. The summed E-state index contributed by atoms with van der Waals surface area (Å²) in [6, 6.07) is 16.2. The van der Waals surface area contributed by atoms with Crippen molar-refractivity contribution in [2.24, 2.45) is 0 Å². The second-order valence-corrected chi connectivity index (χ2v) is 7.48. The van der Waals surface area contributed by atoms with Crippen LogP contribution in [0, 0.1) is 0 Å². The zero-order valence-electron chi connectivity index (χ0n) is 15.8. The average Bonchev–Trinajstić information content (AvgIpc) is 3.26. The summed E-state index contributed by atoms with van der Waals surface area (Å²) >= 11 is 0. The van der Waals surface area contributed by atoms with Crippen molar-refractivity contribution in [2.45, 2.75) is 25.4 Å². The lowest BCUT2D eigenvalue weighted by molar-refractivity contribution is -0.137. The third-order valence-corrected chi connectivity index (χ3v) is 5.65. The number of piperazine rings is 1. The molecule has 1 atom stereocenters. The zero-order valence-corrected chi connectivity index (χ0v) is 15.8. The van der Waals surface area contributed by atoms with Gasteiger partial charge in [-0.15, -0.1) is 0 Å². The van der Waals surface area contributed by atoms with E-state index in [0.29, 0.717) is 0 Å². The minimum Gasteiger partial charge on any atom is -0.341 e. The fraction of sp³-hybridized carbons (Fsp3) is 0.455. The van der Waals surface area contributed by atoms with Crippen LogP contribution in [0.4, 0.5) is 0 Å². The topological polar surface area (TPSA) is 39.7 Å². The summed E-state index contributed by atoms with van der Waals surface area (Å²) in [7, 11) is 0. The molecule has 2 aromatic rings. The second-order valence-electron chi connectivity index (χ2n) is 7.48. The van der Waals surface area contributed by atoms with E-state index < -0.39 is 0 Å². The highest BCUT2D eigenvalue weighted by Gasteiger charge is 2.34. The van der Waals surface area contributed by atoms with E-state index in [0.717, 1.165) is 69.9 Å². The van der Waals surface area contributed by atoms with Gasteiger partial charge in [0.1, 0.15) is 6.04 Å². The number of pyridine rings is 1. The monoisotopic (exact) mass is 364 g/mol. The van der Waals surface area contributed by atoms with Gasteiger partial charge in [0.2, 0.25) is 5.91 Å². The Hall–Kier alpha value is -2.24. The molecule has 27 heavy (non-hydrogen) atoms. The maximum absolute atomic E-state index is 13.3. The minimum atomic E-state index is -0.152. The first-order valence-corrected chi connectivity index (χ1v) is 10.0. The molecule has 0 spiro atoms. The van der Waals surface area contributed by atoms with Crippen molar-refractivity contribution >= 4 is 5.91 Å². The molecule has 0 saturated carbocycles. The Kier molecular flexibility index (Phi) is 5.80. The van der Waals surface area contributed by atoms with Crippen LogP contribution in [-0.4, -0.2) is 64.9 Å². The molecule has 2 saturated heterocycles. The summed E-state index contributed by atoms with van der Waals surface area (Å²) in [6.45, 7) is 6.44. The first kappa shape index (κ1) is 18.1.